The van der Waals surface area contributed by atoms with Crippen LogP contribution in [0, 0.1) is 0 Å². The monoisotopic (exact) mass is 222 g/mol. The lowest BCUT2D eigenvalue weighted by Gasteiger charge is -2.14. The average Bonchev–Trinajstić information content (AvgIpc) is 2.12. The summed E-state index contributed by atoms with van der Waals surface area (Å²) in [5.74, 6) is 0.0762. The molecule has 0 aliphatic carbocycles. The van der Waals surface area contributed by atoms with Crippen molar-refractivity contribution < 1.29 is 18.3 Å². The molecule has 1 rings (SSSR count). The Bertz CT molecular complexity index is 330. The molecule has 1 unspecified atom stereocenters. The fourth-order valence-electron chi connectivity index (χ4n) is 0.762. The highest BCUT2D eigenvalue weighted by Crippen LogP contribution is 2.19. The van der Waals surface area contributed by atoms with Crippen LogP contribution in [0.4, 0.5) is 24.9 Å². The van der Waals surface area contributed by atoms with Crippen molar-refractivity contribution in [2.24, 2.45) is 0 Å². The first-order valence-corrected chi connectivity index (χ1v) is 3.97. The van der Waals surface area contributed by atoms with Gasteiger partial charge in [-0.1, -0.05) is 0 Å². The van der Waals surface area contributed by atoms with E-state index in [0.29, 0.717) is 0 Å². The van der Waals surface area contributed by atoms with Crippen LogP contribution in [0.3, 0.4) is 0 Å². The van der Waals surface area contributed by atoms with E-state index in [4.69, 9.17) is 10.8 Å². The molecule has 0 radical (unpaired) electrons. The summed E-state index contributed by atoms with van der Waals surface area (Å²) in [4.78, 5) is 7.22. The third-order valence-corrected chi connectivity index (χ3v) is 1.51. The van der Waals surface area contributed by atoms with Crippen LogP contribution < -0.4 is 11.1 Å². The van der Waals surface area contributed by atoms with E-state index in [1.807, 2.05) is 0 Å². The molecule has 0 saturated heterocycles. The normalized spacial score (nSPS) is 13.6. The molecule has 1 heterocycles. The molecular formula is C7H9F3N4O. The Morgan fingerprint density at radius 2 is 2.20 bits per heavy atom. The molecule has 84 valence electrons. The lowest BCUT2D eigenvalue weighted by molar-refractivity contribution is -0.198. The fourth-order valence-corrected chi connectivity index (χ4v) is 0.762. The molecule has 1 aromatic heterocycles. The van der Waals surface area contributed by atoms with Crippen molar-refractivity contribution in [2.45, 2.75) is 12.3 Å². The topological polar surface area (TPSA) is 84.1 Å². The standard InChI is InChI=1S/C7H9F3N4O/c8-7(9,10)4(15)3-13-6-12-2-1-5(11)14-6/h1-2,4,15H,3H2,(H3,11,12,13,14). The van der Waals surface area contributed by atoms with Gasteiger partial charge in [0.15, 0.2) is 6.10 Å². The van der Waals surface area contributed by atoms with Gasteiger partial charge in [0.2, 0.25) is 5.95 Å². The van der Waals surface area contributed by atoms with Crippen LogP contribution in [0.25, 0.3) is 0 Å². The Morgan fingerprint density at radius 3 is 2.73 bits per heavy atom. The Morgan fingerprint density at radius 1 is 1.53 bits per heavy atom. The largest absolute Gasteiger partial charge is 0.416 e. The Hall–Kier alpha value is -1.57. The van der Waals surface area contributed by atoms with Gasteiger partial charge in [0, 0.05) is 6.20 Å². The highest BCUT2D eigenvalue weighted by molar-refractivity contribution is 5.34. The predicted molar refractivity (Wildman–Crippen MR) is 47.0 cm³/mol. The van der Waals surface area contributed by atoms with Crippen LogP contribution >= 0.6 is 0 Å². The number of nitrogens with one attached hydrogen (secondary N) is 1. The number of anilines is 2. The zero-order valence-corrected chi connectivity index (χ0v) is 7.49. The van der Waals surface area contributed by atoms with E-state index in [2.05, 4.69) is 15.3 Å². The molecule has 0 spiro atoms. The molecule has 1 atom stereocenters. The summed E-state index contributed by atoms with van der Waals surface area (Å²) in [5.41, 5.74) is 5.27. The molecule has 0 saturated carbocycles. The van der Waals surface area contributed by atoms with Gasteiger partial charge in [0.25, 0.3) is 0 Å². The minimum absolute atomic E-state index is 0.0571. The highest BCUT2D eigenvalue weighted by Gasteiger charge is 2.37. The van der Waals surface area contributed by atoms with E-state index in [0.717, 1.165) is 0 Å². The Labute approximate surface area is 83.1 Å². The maximum Gasteiger partial charge on any atom is 0.416 e. The van der Waals surface area contributed by atoms with Gasteiger partial charge in [-0.2, -0.15) is 18.2 Å². The molecule has 0 bridgehead atoms. The van der Waals surface area contributed by atoms with Crippen LogP contribution in [-0.4, -0.2) is 33.9 Å². The first-order chi connectivity index (χ1) is 6.89. The number of hydrogen-bond donors (Lipinski definition) is 3. The lowest BCUT2D eigenvalue weighted by Crippen LogP contribution is -2.35. The van der Waals surface area contributed by atoms with Crippen molar-refractivity contribution >= 4 is 11.8 Å². The second kappa shape index (κ2) is 4.30. The molecule has 1 aromatic rings. The van der Waals surface area contributed by atoms with Gasteiger partial charge in [-0.05, 0) is 6.07 Å². The SMILES string of the molecule is Nc1ccnc(NCC(O)C(F)(F)F)n1. The smallest absolute Gasteiger partial charge is 0.384 e. The van der Waals surface area contributed by atoms with Gasteiger partial charge in [0.1, 0.15) is 5.82 Å². The molecule has 0 fully saturated rings. The van der Waals surface area contributed by atoms with Crippen LogP contribution in [0.2, 0.25) is 0 Å². The third kappa shape index (κ3) is 3.58. The molecular weight excluding hydrogens is 213 g/mol. The molecule has 5 nitrogen and oxygen atoms in total. The maximum atomic E-state index is 11.9. The minimum Gasteiger partial charge on any atom is -0.384 e. The summed E-state index contributed by atoms with van der Waals surface area (Å²) in [6, 6.07) is 1.39. The summed E-state index contributed by atoms with van der Waals surface area (Å²) in [7, 11) is 0. The number of nitrogens with zero attached hydrogens (tertiary/aromatic N) is 2. The first-order valence-electron chi connectivity index (χ1n) is 3.97. The number of halogens is 3. The fraction of sp³-hybridized carbons (Fsp3) is 0.429. The number of aliphatic hydroxyl groups excluding tert-OH is 1. The summed E-state index contributed by atoms with van der Waals surface area (Å²) < 4.78 is 35.6. The van der Waals surface area contributed by atoms with E-state index in [1.165, 1.54) is 12.3 Å². The quantitative estimate of drug-likeness (QED) is 0.689. The van der Waals surface area contributed by atoms with Gasteiger partial charge in [-0.15, -0.1) is 0 Å². The van der Waals surface area contributed by atoms with Gasteiger partial charge in [0.05, 0.1) is 6.54 Å². The molecule has 8 heteroatoms. The minimum atomic E-state index is -4.66. The van der Waals surface area contributed by atoms with Crippen molar-refractivity contribution in [3.63, 3.8) is 0 Å². The van der Waals surface area contributed by atoms with Gasteiger partial charge < -0.3 is 16.2 Å². The molecule has 0 aliphatic rings. The molecule has 0 aromatic carbocycles. The van der Waals surface area contributed by atoms with Gasteiger partial charge in [-0.25, -0.2) is 4.98 Å². The second-order valence-corrected chi connectivity index (χ2v) is 2.74. The number of nitrogen functional groups attached to an aromatic ring is 1. The van der Waals surface area contributed by atoms with Crippen LogP contribution in [0.5, 0.6) is 0 Å². The Balaban J connectivity index is 2.51. The average molecular weight is 222 g/mol. The van der Waals surface area contributed by atoms with Crippen molar-refractivity contribution in [3.05, 3.63) is 12.3 Å². The van der Waals surface area contributed by atoms with Crippen molar-refractivity contribution in [2.75, 3.05) is 17.6 Å². The van der Waals surface area contributed by atoms with Gasteiger partial charge in [-0.3, -0.25) is 0 Å². The number of hydrogen-bond acceptors (Lipinski definition) is 5. The van der Waals surface area contributed by atoms with Crippen LogP contribution in [0.15, 0.2) is 12.3 Å². The van der Waals surface area contributed by atoms with Crippen molar-refractivity contribution in [3.8, 4) is 0 Å². The summed E-state index contributed by atoms with van der Waals surface area (Å²) >= 11 is 0. The maximum absolute atomic E-state index is 11.9. The number of nitrogens with two attached hydrogens (primary N) is 1. The second-order valence-electron chi connectivity index (χ2n) is 2.74. The molecule has 15 heavy (non-hydrogen) atoms. The molecule has 4 N–H and O–H groups in total. The van der Waals surface area contributed by atoms with E-state index in [-0.39, 0.29) is 11.8 Å². The van der Waals surface area contributed by atoms with E-state index < -0.39 is 18.8 Å². The lowest BCUT2D eigenvalue weighted by atomic mass is 10.3. The van der Waals surface area contributed by atoms with Gasteiger partial charge >= 0.3 is 6.18 Å². The van der Waals surface area contributed by atoms with Crippen molar-refractivity contribution in [1.82, 2.24) is 9.97 Å². The number of aromatic nitrogens is 2. The first kappa shape index (κ1) is 11.5. The Kier molecular flexibility index (Phi) is 3.30. The molecule has 0 aliphatic heterocycles. The summed E-state index contributed by atoms with van der Waals surface area (Å²) in [6.45, 7) is -0.715. The predicted octanol–water partition coefficient (Wildman–Crippen LogP) is 0.394. The van der Waals surface area contributed by atoms with E-state index >= 15 is 0 Å². The zero-order valence-electron chi connectivity index (χ0n) is 7.49. The zero-order chi connectivity index (χ0) is 11.5. The number of rotatable bonds is 3. The molecule has 0 amide bonds. The van der Waals surface area contributed by atoms with Crippen molar-refractivity contribution in [1.29, 1.82) is 0 Å². The summed E-state index contributed by atoms with van der Waals surface area (Å²) in [6.07, 6.45) is -5.82. The van der Waals surface area contributed by atoms with Crippen LogP contribution in [0.1, 0.15) is 0 Å². The van der Waals surface area contributed by atoms with Crippen LogP contribution in [-0.2, 0) is 0 Å². The van der Waals surface area contributed by atoms with E-state index in [1.54, 1.807) is 0 Å². The third-order valence-electron chi connectivity index (χ3n) is 1.51. The summed E-state index contributed by atoms with van der Waals surface area (Å²) in [5, 5.41) is 10.9. The number of alkyl halides is 3. The van der Waals surface area contributed by atoms with E-state index in [9.17, 15) is 13.2 Å². The number of aliphatic hydroxyl groups is 1. The highest BCUT2D eigenvalue weighted by atomic mass is 19.4.